The Kier molecular flexibility index (Phi) is 3.10. The van der Waals surface area contributed by atoms with Crippen molar-refractivity contribution in [2.45, 2.75) is 18.9 Å². The van der Waals surface area contributed by atoms with Gasteiger partial charge in [0.2, 0.25) is 0 Å². The van der Waals surface area contributed by atoms with E-state index in [0.29, 0.717) is 0 Å². The van der Waals surface area contributed by atoms with E-state index in [9.17, 15) is 0 Å². The topological polar surface area (TPSA) is 41.8 Å². The summed E-state index contributed by atoms with van der Waals surface area (Å²) in [5, 5.41) is 1.26. The number of nitrogens with one attached hydrogen (secondary N) is 1. The third kappa shape index (κ3) is 2.15. The summed E-state index contributed by atoms with van der Waals surface area (Å²) in [6.07, 6.45) is 2.09. The fourth-order valence-electron chi connectivity index (χ4n) is 2.78. The molecule has 0 radical (unpaired) electrons. The molecule has 19 heavy (non-hydrogen) atoms. The Morgan fingerprint density at radius 1 is 0.947 bits per heavy atom. The van der Waals surface area contributed by atoms with E-state index in [4.69, 9.17) is 5.73 Å². The van der Waals surface area contributed by atoms with E-state index >= 15 is 0 Å². The fourth-order valence-corrected chi connectivity index (χ4v) is 2.78. The lowest BCUT2D eigenvalue weighted by Crippen LogP contribution is -2.25. The number of benzene rings is 2. The largest absolute Gasteiger partial charge is 0.361 e. The van der Waals surface area contributed by atoms with Crippen molar-refractivity contribution in [2.75, 3.05) is 0 Å². The number of hydrogen-bond acceptors (Lipinski definition) is 1. The van der Waals surface area contributed by atoms with E-state index in [2.05, 4.69) is 60.6 Å². The molecule has 1 aromatic heterocycles. The molecule has 2 unspecified atom stereocenters. The van der Waals surface area contributed by atoms with Gasteiger partial charge in [0.15, 0.2) is 0 Å². The summed E-state index contributed by atoms with van der Waals surface area (Å²) in [5.41, 5.74) is 9.94. The molecule has 0 spiro atoms. The lowest BCUT2D eigenvalue weighted by molar-refractivity contribution is 0.648. The summed E-state index contributed by atoms with van der Waals surface area (Å²) >= 11 is 0. The van der Waals surface area contributed by atoms with Crippen molar-refractivity contribution in [1.82, 2.24) is 4.98 Å². The maximum absolute atomic E-state index is 6.24. The summed E-state index contributed by atoms with van der Waals surface area (Å²) < 4.78 is 0. The van der Waals surface area contributed by atoms with Crippen LogP contribution in [0.5, 0.6) is 0 Å². The van der Waals surface area contributed by atoms with Crippen LogP contribution >= 0.6 is 0 Å². The van der Waals surface area contributed by atoms with Crippen molar-refractivity contribution in [3.8, 4) is 0 Å². The van der Waals surface area contributed by atoms with Crippen LogP contribution in [-0.4, -0.2) is 11.0 Å². The molecule has 0 amide bonds. The Labute approximate surface area is 113 Å². The quantitative estimate of drug-likeness (QED) is 0.732. The first-order valence-electron chi connectivity index (χ1n) is 6.64. The highest BCUT2D eigenvalue weighted by Crippen LogP contribution is 2.32. The molecule has 0 bridgehead atoms. The van der Waals surface area contributed by atoms with E-state index < -0.39 is 0 Å². The van der Waals surface area contributed by atoms with E-state index in [1.807, 2.05) is 12.1 Å². The summed E-state index contributed by atoms with van der Waals surface area (Å²) in [6.45, 7) is 2.07. The standard InChI is InChI=1S/C17H18N2/c1-12(18)17(13-7-3-2-4-8-13)15-11-19-16-10-6-5-9-14(15)16/h2-12,17,19H,18H2,1H3. The van der Waals surface area contributed by atoms with Crippen LogP contribution in [0.25, 0.3) is 10.9 Å². The van der Waals surface area contributed by atoms with Crippen LogP contribution < -0.4 is 5.73 Å². The Balaban J connectivity index is 2.16. The number of aromatic amines is 1. The minimum Gasteiger partial charge on any atom is -0.361 e. The van der Waals surface area contributed by atoms with Crippen LogP contribution in [0.1, 0.15) is 24.0 Å². The summed E-state index contributed by atoms with van der Waals surface area (Å²) in [5.74, 6) is 0.220. The number of aromatic nitrogens is 1. The van der Waals surface area contributed by atoms with E-state index in [-0.39, 0.29) is 12.0 Å². The first-order valence-corrected chi connectivity index (χ1v) is 6.64. The van der Waals surface area contributed by atoms with Crippen molar-refractivity contribution >= 4 is 10.9 Å². The Morgan fingerprint density at radius 3 is 2.37 bits per heavy atom. The molecule has 0 saturated carbocycles. The zero-order valence-corrected chi connectivity index (χ0v) is 11.0. The molecule has 3 N–H and O–H groups in total. The van der Waals surface area contributed by atoms with E-state index in [1.54, 1.807) is 0 Å². The maximum atomic E-state index is 6.24. The van der Waals surface area contributed by atoms with Crippen LogP contribution in [0.4, 0.5) is 0 Å². The molecule has 96 valence electrons. The second kappa shape index (κ2) is 4.90. The molecule has 3 aromatic rings. The van der Waals surface area contributed by atoms with Gasteiger partial charge in [0.05, 0.1) is 0 Å². The summed E-state index contributed by atoms with van der Waals surface area (Å²) in [6, 6.07) is 18.9. The molecule has 0 aliphatic heterocycles. The summed E-state index contributed by atoms with van der Waals surface area (Å²) in [4.78, 5) is 3.34. The number of fused-ring (bicyclic) bond motifs is 1. The molecule has 3 rings (SSSR count). The zero-order chi connectivity index (χ0) is 13.2. The van der Waals surface area contributed by atoms with Crippen molar-refractivity contribution in [2.24, 2.45) is 5.73 Å². The average molecular weight is 250 g/mol. The minimum absolute atomic E-state index is 0.0709. The predicted octanol–water partition coefficient (Wildman–Crippen LogP) is 3.65. The second-order valence-corrected chi connectivity index (χ2v) is 5.04. The fraction of sp³-hybridized carbons (Fsp3) is 0.176. The molecule has 1 heterocycles. The number of H-pyrrole nitrogens is 1. The molecule has 2 heteroatoms. The molecule has 2 aromatic carbocycles. The third-order valence-corrected chi connectivity index (χ3v) is 3.64. The van der Waals surface area contributed by atoms with Crippen LogP contribution in [0.3, 0.4) is 0 Å². The van der Waals surface area contributed by atoms with Gasteiger partial charge in [-0.2, -0.15) is 0 Å². The van der Waals surface area contributed by atoms with Gasteiger partial charge in [0, 0.05) is 29.1 Å². The Bertz CT molecular complexity index is 668. The van der Waals surface area contributed by atoms with Crippen molar-refractivity contribution in [3.05, 3.63) is 71.9 Å². The van der Waals surface area contributed by atoms with Gasteiger partial charge in [-0.05, 0) is 24.1 Å². The molecule has 2 atom stereocenters. The van der Waals surface area contributed by atoms with Gasteiger partial charge < -0.3 is 10.7 Å². The van der Waals surface area contributed by atoms with E-state index in [0.717, 1.165) is 0 Å². The van der Waals surface area contributed by atoms with Crippen molar-refractivity contribution < 1.29 is 0 Å². The monoisotopic (exact) mass is 250 g/mol. The van der Waals surface area contributed by atoms with Gasteiger partial charge in [0.25, 0.3) is 0 Å². The lowest BCUT2D eigenvalue weighted by Gasteiger charge is -2.21. The van der Waals surface area contributed by atoms with Crippen LogP contribution in [0.15, 0.2) is 60.8 Å². The van der Waals surface area contributed by atoms with Gasteiger partial charge >= 0.3 is 0 Å². The van der Waals surface area contributed by atoms with Gasteiger partial charge in [0.1, 0.15) is 0 Å². The Morgan fingerprint density at radius 2 is 1.63 bits per heavy atom. The number of rotatable bonds is 3. The molecule has 0 saturated heterocycles. The first-order chi connectivity index (χ1) is 9.27. The molecular weight excluding hydrogens is 232 g/mol. The summed E-state index contributed by atoms with van der Waals surface area (Å²) in [7, 11) is 0. The lowest BCUT2D eigenvalue weighted by atomic mass is 9.86. The minimum atomic E-state index is 0.0709. The molecule has 2 nitrogen and oxygen atoms in total. The third-order valence-electron chi connectivity index (χ3n) is 3.64. The zero-order valence-electron chi connectivity index (χ0n) is 11.0. The SMILES string of the molecule is CC(N)C(c1ccccc1)c1c[nH]c2ccccc12. The predicted molar refractivity (Wildman–Crippen MR) is 80.2 cm³/mol. The Hall–Kier alpha value is -2.06. The van der Waals surface area contributed by atoms with E-state index in [1.165, 1.54) is 22.0 Å². The highest BCUT2D eigenvalue weighted by atomic mass is 14.7. The maximum Gasteiger partial charge on any atom is 0.0457 e. The molecule has 0 aliphatic rings. The van der Waals surface area contributed by atoms with Crippen LogP contribution in [-0.2, 0) is 0 Å². The smallest absolute Gasteiger partial charge is 0.0457 e. The van der Waals surface area contributed by atoms with Gasteiger partial charge in [-0.15, -0.1) is 0 Å². The molecule has 0 aliphatic carbocycles. The van der Waals surface area contributed by atoms with Crippen molar-refractivity contribution in [3.63, 3.8) is 0 Å². The van der Waals surface area contributed by atoms with Gasteiger partial charge in [-0.3, -0.25) is 0 Å². The molecular formula is C17H18N2. The second-order valence-electron chi connectivity index (χ2n) is 5.04. The van der Waals surface area contributed by atoms with Crippen molar-refractivity contribution in [1.29, 1.82) is 0 Å². The van der Waals surface area contributed by atoms with Gasteiger partial charge in [-0.25, -0.2) is 0 Å². The number of hydrogen-bond donors (Lipinski definition) is 2. The first kappa shape index (κ1) is 12.0. The van der Waals surface area contributed by atoms with Gasteiger partial charge in [-0.1, -0.05) is 48.5 Å². The highest BCUT2D eigenvalue weighted by molar-refractivity contribution is 5.84. The van der Waals surface area contributed by atoms with Crippen LogP contribution in [0, 0.1) is 0 Å². The molecule has 0 fully saturated rings. The number of nitrogens with two attached hydrogens (primary N) is 1. The van der Waals surface area contributed by atoms with Crippen LogP contribution in [0.2, 0.25) is 0 Å². The number of para-hydroxylation sites is 1. The normalized spacial score (nSPS) is 14.4. The average Bonchev–Trinajstić information content (AvgIpc) is 2.84. The highest BCUT2D eigenvalue weighted by Gasteiger charge is 2.21.